The molecular weight excluding hydrogens is 294 g/mol. The molecule has 0 unspecified atom stereocenters. The first-order valence-electron chi connectivity index (χ1n) is 8.69. The molecule has 1 saturated heterocycles. The third-order valence-corrected chi connectivity index (χ3v) is 4.68. The fourth-order valence-electron chi connectivity index (χ4n) is 3.46. The van der Waals surface area contributed by atoms with Crippen molar-refractivity contribution in [1.82, 2.24) is 4.90 Å². The van der Waals surface area contributed by atoms with Gasteiger partial charge < -0.3 is 19.1 Å². The molecule has 0 aromatic heterocycles. The van der Waals surface area contributed by atoms with Gasteiger partial charge in [-0.2, -0.15) is 0 Å². The van der Waals surface area contributed by atoms with Crippen molar-refractivity contribution in [1.29, 1.82) is 0 Å². The van der Waals surface area contributed by atoms with Crippen LogP contribution in [-0.4, -0.2) is 50.7 Å². The van der Waals surface area contributed by atoms with Crippen molar-refractivity contribution in [2.75, 3.05) is 27.6 Å². The smallest absolute Gasteiger partial charge is 0.409 e. The van der Waals surface area contributed by atoms with Crippen LogP contribution in [0.1, 0.15) is 51.9 Å². The van der Waals surface area contributed by atoms with Crippen LogP contribution >= 0.6 is 0 Å². The summed E-state index contributed by atoms with van der Waals surface area (Å²) in [5.41, 5.74) is 0. The molecule has 0 aliphatic carbocycles. The van der Waals surface area contributed by atoms with Gasteiger partial charge in [0.15, 0.2) is 0 Å². The van der Waals surface area contributed by atoms with E-state index in [4.69, 9.17) is 14.2 Å². The number of carbonyl (C=O) groups is 1. The van der Waals surface area contributed by atoms with E-state index in [0.29, 0.717) is 19.3 Å². The first-order chi connectivity index (χ1) is 11.2. The molecule has 1 rings (SSSR count). The summed E-state index contributed by atoms with van der Waals surface area (Å²) in [5.74, 6) is 0.493. The van der Waals surface area contributed by atoms with E-state index in [1.54, 1.807) is 7.11 Å². The number of rotatable bonds is 10. The van der Waals surface area contributed by atoms with E-state index in [1.165, 1.54) is 7.11 Å². The Bertz CT molecular complexity index is 348. The third kappa shape index (κ3) is 6.51. The lowest BCUT2D eigenvalue weighted by atomic mass is 9.83. The number of allylic oxidation sites excluding steroid dienone is 1. The minimum absolute atomic E-state index is 0.192. The van der Waals surface area contributed by atoms with Crippen LogP contribution in [-0.2, 0) is 14.2 Å². The maximum absolute atomic E-state index is 12.3. The lowest BCUT2D eigenvalue weighted by Crippen LogP contribution is -2.53. The normalized spacial score (nSPS) is 24.5. The zero-order valence-corrected chi connectivity index (χ0v) is 15.0. The van der Waals surface area contributed by atoms with Crippen LogP contribution in [0.4, 0.5) is 4.79 Å². The topological polar surface area (TPSA) is 48.0 Å². The molecule has 0 bridgehead atoms. The largest absolute Gasteiger partial charge is 0.453 e. The van der Waals surface area contributed by atoms with Crippen LogP contribution in [0, 0.1) is 5.92 Å². The van der Waals surface area contributed by atoms with E-state index in [-0.39, 0.29) is 18.2 Å². The first kappa shape index (κ1) is 20.0. The molecule has 1 aliphatic heterocycles. The molecule has 0 saturated carbocycles. The molecule has 0 aromatic rings. The number of hydrogen-bond donors (Lipinski definition) is 0. The summed E-state index contributed by atoms with van der Waals surface area (Å²) in [5, 5.41) is 0. The molecule has 3 atom stereocenters. The molecular formula is C18H33NO4. The average molecular weight is 327 g/mol. The van der Waals surface area contributed by atoms with Crippen LogP contribution in [0.2, 0.25) is 0 Å². The number of unbranched alkanes of at least 4 members (excludes halogenated alkanes) is 1. The van der Waals surface area contributed by atoms with Crippen molar-refractivity contribution in [2.45, 2.75) is 64.0 Å². The van der Waals surface area contributed by atoms with Crippen LogP contribution in [0.25, 0.3) is 0 Å². The quantitative estimate of drug-likeness (QED) is 0.346. The van der Waals surface area contributed by atoms with Crippen molar-refractivity contribution in [3.8, 4) is 0 Å². The van der Waals surface area contributed by atoms with Crippen molar-refractivity contribution >= 4 is 6.09 Å². The van der Waals surface area contributed by atoms with Gasteiger partial charge in [0, 0.05) is 25.8 Å². The molecule has 1 fully saturated rings. The Morgan fingerprint density at radius 3 is 2.70 bits per heavy atom. The number of methoxy groups -OCH3 is 2. The van der Waals surface area contributed by atoms with Crippen molar-refractivity contribution in [2.24, 2.45) is 5.92 Å². The SMILES string of the molecule is C=CCCC[C@H]1CC[C@H](C)[C@@H](CCCOCOC)N1C(=O)OC. The van der Waals surface area contributed by atoms with E-state index < -0.39 is 0 Å². The molecule has 23 heavy (non-hydrogen) atoms. The van der Waals surface area contributed by atoms with Crippen molar-refractivity contribution < 1.29 is 19.0 Å². The molecule has 1 aliphatic rings. The Labute approximate surface area is 141 Å². The summed E-state index contributed by atoms with van der Waals surface area (Å²) in [4.78, 5) is 14.3. The molecule has 5 nitrogen and oxygen atoms in total. The summed E-state index contributed by atoms with van der Waals surface area (Å²) in [6, 6.07) is 0.513. The van der Waals surface area contributed by atoms with Gasteiger partial charge >= 0.3 is 6.09 Å². The summed E-state index contributed by atoms with van der Waals surface area (Å²) in [6.45, 7) is 6.99. The predicted octanol–water partition coefficient (Wildman–Crippen LogP) is 3.98. The van der Waals surface area contributed by atoms with Crippen molar-refractivity contribution in [3.05, 3.63) is 12.7 Å². The first-order valence-corrected chi connectivity index (χ1v) is 8.69. The zero-order chi connectivity index (χ0) is 17.1. The number of ether oxygens (including phenoxy) is 3. The third-order valence-electron chi connectivity index (χ3n) is 4.68. The monoisotopic (exact) mass is 327 g/mol. The molecule has 0 aromatic carbocycles. The standard InChI is InChI=1S/C18H33NO4/c1-5-6-7-9-16-12-11-15(2)17(19(16)18(20)22-4)10-8-13-23-14-21-3/h5,15-17H,1,6-14H2,2-4H3/t15-,16-,17+/m0/s1. The highest BCUT2D eigenvalue weighted by Gasteiger charge is 2.38. The summed E-state index contributed by atoms with van der Waals surface area (Å²) < 4.78 is 15.3. The van der Waals surface area contributed by atoms with Gasteiger partial charge in [0.2, 0.25) is 0 Å². The fourth-order valence-corrected chi connectivity index (χ4v) is 3.46. The highest BCUT2D eigenvalue weighted by Crippen LogP contribution is 2.33. The minimum atomic E-state index is -0.192. The molecule has 0 N–H and O–H groups in total. The molecule has 0 radical (unpaired) electrons. The Balaban J connectivity index is 2.63. The number of hydrogen-bond acceptors (Lipinski definition) is 4. The van der Waals surface area contributed by atoms with Crippen LogP contribution in [0.5, 0.6) is 0 Å². The van der Waals surface area contributed by atoms with E-state index in [0.717, 1.165) is 44.9 Å². The average Bonchev–Trinajstić information content (AvgIpc) is 2.56. The highest BCUT2D eigenvalue weighted by atomic mass is 16.7. The molecule has 1 heterocycles. The lowest BCUT2D eigenvalue weighted by molar-refractivity contribution is -0.0355. The summed E-state index contributed by atoms with van der Waals surface area (Å²) >= 11 is 0. The molecule has 134 valence electrons. The Morgan fingerprint density at radius 2 is 2.04 bits per heavy atom. The lowest BCUT2D eigenvalue weighted by Gasteiger charge is -2.45. The second-order valence-electron chi connectivity index (χ2n) is 6.33. The number of carbonyl (C=O) groups excluding carboxylic acids is 1. The second-order valence-corrected chi connectivity index (χ2v) is 6.33. The van der Waals surface area contributed by atoms with Gasteiger partial charge in [-0.1, -0.05) is 13.0 Å². The fraction of sp³-hybridized carbons (Fsp3) is 0.833. The van der Waals surface area contributed by atoms with Gasteiger partial charge in [-0.05, 0) is 50.9 Å². The van der Waals surface area contributed by atoms with Gasteiger partial charge in [0.1, 0.15) is 6.79 Å². The molecule has 0 spiro atoms. The number of likely N-dealkylation sites (tertiary alicyclic amines) is 1. The van der Waals surface area contributed by atoms with E-state index in [2.05, 4.69) is 13.5 Å². The second kappa shape index (κ2) is 11.5. The van der Waals surface area contributed by atoms with E-state index in [9.17, 15) is 4.79 Å². The van der Waals surface area contributed by atoms with Gasteiger partial charge in [-0.3, -0.25) is 0 Å². The van der Waals surface area contributed by atoms with Gasteiger partial charge in [0.25, 0.3) is 0 Å². The molecule has 5 heteroatoms. The summed E-state index contributed by atoms with van der Waals surface area (Å²) in [7, 11) is 3.09. The van der Waals surface area contributed by atoms with E-state index >= 15 is 0 Å². The van der Waals surface area contributed by atoms with Crippen LogP contribution in [0.3, 0.4) is 0 Å². The van der Waals surface area contributed by atoms with E-state index in [1.807, 2.05) is 11.0 Å². The summed E-state index contributed by atoms with van der Waals surface area (Å²) in [6.07, 6.45) is 8.92. The number of piperidine rings is 1. The Morgan fingerprint density at radius 1 is 1.26 bits per heavy atom. The van der Waals surface area contributed by atoms with Gasteiger partial charge in [-0.15, -0.1) is 6.58 Å². The van der Waals surface area contributed by atoms with Gasteiger partial charge in [-0.25, -0.2) is 4.79 Å². The van der Waals surface area contributed by atoms with Crippen LogP contribution < -0.4 is 0 Å². The Kier molecular flexibility index (Phi) is 9.96. The van der Waals surface area contributed by atoms with Gasteiger partial charge in [0.05, 0.1) is 7.11 Å². The van der Waals surface area contributed by atoms with Crippen molar-refractivity contribution in [3.63, 3.8) is 0 Å². The maximum Gasteiger partial charge on any atom is 0.409 e. The highest BCUT2D eigenvalue weighted by molar-refractivity contribution is 5.68. The molecule has 1 amide bonds. The Hall–Kier alpha value is -1.07. The predicted molar refractivity (Wildman–Crippen MR) is 91.3 cm³/mol. The number of nitrogens with zero attached hydrogens (tertiary/aromatic N) is 1. The minimum Gasteiger partial charge on any atom is -0.453 e. The maximum atomic E-state index is 12.3. The van der Waals surface area contributed by atoms with Crippen LogP contribution in [0.15, 0.2) is 12.7 Å². The number of amides is 1. The zero-order valence-electron chi connectivity index (χ0n) is 15.0.